The molecule has 1 unspecified atom stereocenters. The highest BCUT2D eigenvalue weighted by Gasteiger charge is 2.11. The van der Waals surface area contributed by atoms with Crippen molar-refractivity contribution in [3.8, 4) is 0 Å². The van der Waals surface area contributed by atoms with Crippen molar-refractivity contribution < 1.29 is 0 Å². The highest BCUT2D eigenvalue weighted by molar-refractivity contribution is 6.31. The summed E-state index contributed by atoms with van der Waals surface area (Å²) >= 11 is 6.15. The van der Waals surface area contributed by atoms with E-state index in [4.69, 9.17) is 11.6 Å². The number of hydrogen-bond acceptors (Lipinski definition) is 3. The summed E-state index contributed by atoms with van der Waals surface area (Å²) in [5.41, 5.74) is 0.902. The van der Waals surface area contributed by atoms with Gasteiger partial charge < -0.3 is 9.88 Å². The molecule has 5 nitrogen and oxygen atoms in total. The second kappa shape index (κ2) is 6.28. The molecule has 0 fully saturated rings. The zero-order chi connectivity index (χ0) is 15.6. The van der Waals surface area contributed by atoms with Crippen LogP contribution in [0.2, 0.25) is 5.02 Å². The molecular formula is C15H18ClN3O2. The molecule has 1 aromatic carbocycles. The molecule has 1 atom stereocenters. The van der Waals surface area contributed by atoms with Crippen LogP contribution in [0.25, 0.3) is 0 Å². The second-order valence-corrected chi connectivity index (χ2v) is 5.44. The van der Waals surface area contributed by atoms with Crippen molar-refractivity contribution in [3.63, 3.8) is 0 Å². The van der Waals surface area contributed by atoms with Gasteiger partial charge in [-0.05, 0) is 18.6 Å². The van der Waals surface area contributed by atoms with Crippen LogP contribution in [0.5, 0.6) is 0 Å². The Morgan fingerprint density at radius 1 is 1.24 bits per heavy atom. The molecule has 112 valence electrons. The highest BCUT2D eigenvalue weighted by atomic mass is 35.5. The fourth-order valence-corrected chi connectivity index (χ4v) is 2.50. The predicted molar refractivity (Wildman–Crippen MR) is 83.6 cm³/mol. The average Bonchev–Trinajstić information content (AvgIpc) is 2.47. The summed E-state index contributed by atoms with van der Waals surface area (Å²) in [7, 11) is 3.11. The van der Waals surface area contributed by atoms with Gasteiger partial charge in [0.15, 0.2) is 0 Å². The summed E-state index contributed by atoms with van der Waals surface area (Å²) in [6.45, 7) is 2.35. The van der Waals surface area contributed by atoms with Gasteiger partial charge in [0.1, 0.15) is 0 Å². The maximum Gasteiger partial charge on any atom is 0.330 e. The summed E-state index contributed by atoms with van der Waals surface area (Å²) in [6, 6.07) is 7.58. The first-order valence-electron chi connectivity index (χ1n) is 6.65. The molecule has 2 rings (SSSR count). The van der Waals surface area contributed by atoms with Gasteiger partial charge in [-0.25, -0.2) is 4.79 Å². The Bertz CT molecular complexity index is 764. The van der Waals surface area contributed by atoms with Gasteiger partial charge in [0.25, 0.3) is 5.56 Å². The molecule has 6 heteroatoms. The van der Waals surface area contributed by atoms with Crippen LogP contribution in [-0.2, 0) is 20.6 Å². The molecule has 0 aliphatic heterocycles. The molecule has 1 N–H and O–H groups in total. The van der Waals surface area contributed by atoms with Crippen LogP contribution in [0.4, 0.5) is 0 Å². The van der Waals surface area contributed by atoms with Crippen LogP contribution in [-0.4, -0.2) is 9.13 Å². The smallest absolute Gasteiger partial charge is 0.306 e. The van der Waals surface area contributed by atoms with E-state index >= 15 is 0 Å². The Balaban J connectivity index is 2.20. The van der Waals surface area contributed by atoms with Crippen LogP contribution in [0.1, 0.15) is 24.1 Å². The van der Waals surface area contributed by atoms with E-state index in [9.17, 15) is 9.59 Å². The van der Waals surface area contributed by atoms with E-state index in [1.54, 1.807) is 13.2 Å². The van der Waals surface area contributed by atoms with E-state index in [1.807, 2.05) is 31.2 Å². The van der Waals surface area contributed by atoms with Crippen molar-refractivity contribution in [1.82, 2.24) is 14.5 Å². The number of aryl methyl sites for hydroxylation is 1. The first-order chi connectivity index (χ1) is 9.91. The number of nitrogens with zero attached hydrogens (tertiary/aromatic N) is 2. The van der Waals surface area contributed by atoms with Crippen LogP contribution in [0.15, 0.2) is 40.1 Å². The normalized spacial score (nSPS) is 12.4. The van der Waals surface area contributed by atoms with Gasteiger partial charge in [0, 0.05) is 43.5 Å². The zero-order valence-electron chi connectivity index (χ0n) is 12.3. The van der Waals surface area contributed by atoms with E-state index in [-0.39, 0.29) is 17.3 Å². The van der Waals surface area contributed by atoms with Gasteiger partial charge in [-0.3, -0.25) is 9.36 Å². The van der Waals surface area contributed by atoms with E-state index < -0.39 is 0 Å². The SMILES string of the molecule is CC(NCc1cn(C)c(=O)n(C)c1=O)c1ccccc1Cl. The van der Waals surface area contributed by atoms with Gasteiger partial charge in [-0.15, -0.1) is 0 Å². The fraction of sp³-hybridized carbons (Fsp3) is 0.333. The Hall–Kier alpha value is -1.85. The molecule has 2 aromatic rings. The zero-order valence-corrected chi connectivity index (χ0v) is 13.0. The van der Waals surface area contributed by atoms with Crippen LogP contribution >= 0.6 is 11.6 Å². The Kier molecular flexibility index (Phi) is 4.65. The standard InChI is InChI=1S/C15H18ClN3O2/c1-10(12-6-4-5-7-13(12)16)17-8-11-9-18(2)15(21)19(3)14(11)20/h4-7,9-10,17H,8H2,1-3H3. The molecule has 0 amide bonds. The molecule has 0 spiro atoms. The molecule has 0 saturated carbocycles. The third-order valence-corrected chi connectivity index (χ3v) is 3.83. The Morgan fingerprint density at radius 2 is 1.90 bits per heavy atom. The Labute approximate surface area is 127 Å². The summed E-state index contributed by atoms with van der Waals surface area (Å²) in [6.07, 6.45) is 1.57. The summed E-state index contributed by atoms with van der Waals surface area (Å²) in [5.74, 6) is 0. The van der Waals surface area contributed by atoms with E-state index in [0.29, 0.717) is 17.1 Å². The minimum atomic E-state index is -0.331. The minimum absolute atomic E-state index is 0.000593. The lowest BCUT2D eigenvalue weighted by atomic mass is 10.1. The summed E-state index contributed by atoms with van der Waals surface area (Å²) < 4.78 is 2.51. The highest BCUT2D eigenvalue weighted by Crippen LogP contribution is 2.22. The number of hydrogen-bond donors (Lipinski definition) is 1. The molecule has 21 heavy (non-hydrogen) atoms. The van der Waals surface area contributed by atoms with Crippen molar-refractivity contribution in [2.24, 2.45) is 14.1 Å². The molecular weight excluding hydrogens is 290 g/mol. The molecule has 0 saturated heterocycles. The lowest BCUT2D eigenvalue weighted by molar-refractivity contribution is 0.559. The maximum atomic E-state index is 12.0. The number of aromatic nitrogens is 2. The second-order valence-electron chi connectivity index (χ2n) is 5.04. The fourth-order valence-electron chi connectivity index (χ4n) is 2.20. The van der Waals surface area contributed by atoms with E-state index in [2.05, 4.69) is 5.32 Å². The van der Waals surface area contributed by atoms with Crippen molar-refractivity contribution in [1.29, 1.82) is 0 Å². The molecule has 0 aliphatic carbocycles. The number of benzene rings is 1. The topological polar surface area (TPSA) is 56.0 Å². The van der Waals surface area contributed by atoms with Crippen LogP contribution < -0.4 is 16.6 Å². The lowest BCUT2D eigenvalue weighted by Crippen LogP contribution is -2.39. The maximum absolute atomic E-state index is 12.0. The van der Waals surface area contributed by atoms with Gasteiger partial charge in [0.05, 0.1) is 0 Å². The Morgan fingerprint density at radius 3 is 2.57 bits per heavy atom. The van der Waals surface area contributed by atoms with Crippen LogP contribution in [0, 0.1) is 0 Å². The van der Waals surface area contributed by atoms with Gasteiger partial charge in [-0.2, -0.15) is 0 Å². The summed E-state index contributed by atoms with van der Waals surface area (Å²) in [4.78, 5) is 23.7. The quantitative estimate of drug-likeness (QED) is 0.933. The van der Waals surface area contributed by atoms with Crippen LogP contribution in [0.3, 0.4) is 0 Å². The average molecular weight is 308 g/mol. The molecule has 0 radical (unpaired) electrons. The number of halogens is 1. The molecule has 1 heterocycles. The largest absolute Gasteiger partial charge is 0.330 e. The van der Waals surface area contributed by atoms with Gasteiger partial charge in [0.2, 0.25) is 0 Å². The van der Waals surface area contributed by atoms with Crippen molar-refractivity contribution in [2.45, 2.75) is 19.5 Å². The van der Waals surface area contributed by atoms with Crippen molar-refractivity contribution in [2.75, 3.05) is 0 Å². The number of nitrogens with one attached hydrogen (secondary N) is 1. The first-order valence-corrected chi connectivity index (χ1v) is 7.03. The monoisotopic (exact) mass is 307 g/mol. The van der Waals surface area contributed by atoms with Gasteiger partial charge >= 0.3 is 5.69 Å². The third-order valence-electron chi connectivity index (χ3n) is 3.49. The first kappa shape index (κ1) is 15.5. The van der Waals surface area contributed by atoms with Crippen molar-refractivity contribution >= 4 is 11.6 Å². The molecule has 0 aliphatic rings. The molecule has 0 bridgehead atoms. The third kappa shape index (κ3) is 3.25. The van der Waals surface area contributed by atoms with E-state index in [0.717, 1.165) is 10.1 Å². The minimum Gasteiger partial charge on any atom is -0.306 e. The van der Waals surface area contributed by atoms with Crippen molar-refractivity contribution in [3.05, 3.63) is 67.4 Å². The number of rotatable bonds is 4. The lowest BCUT2D eigenvalue weighted by Gasteiger charge is -2.16. The predicted octanol–water partition coefficient (Wildman–Crippen LogP) is 1.59. The molecule has 1 aromatic heterocycles. The van der Waals surface area contributed by atoms with E-state index in [1.165, 1.54) is 11.6 Å². The van der Waals surface area contributed by atoms with Gasteiger partial charge in [-0.1, -0.05) is 29.8 Å². The summed E-state index contributed by atoms with van der Waals surface area (Å²) in [5, 5.41) is 3.94.